The molecule has 0 saturated heterocycles. The minimum absolute atomic E-state index is 0.836. The predicted octanol–water partition coefficient (Wildman–Crippen LogP) is 3.36. The number of anilines is 1. The molecule has 0 atom stereocenters. The molecule has 0 fully saturated rings. The van der Waals surface area contributed by atoms with E-state index in [0.717, 1.165) is 34.9 Å². The highest BCUT2D eigenvalue weighted by molar-refractivity contribution is 5.71. The molecule has 2 aromatic rings. The molecular weight excluding hydrogens is 222 g/mol. The average Bonchev–Trinajstić information content (AvgIpc) is 2.41. The molecule has 0 radical (unpaired) electrons. The Balaban J connectivity index is 2.51. The number of rotatable bonds is 3. The van der Waals surface area contributed by atoms with Gasteiger partial charge < -0.3 is 5.32 Å². The van der Waals surface area contributed by atoms with Crippen molar-refractivity contribution in [2.24, 2.45) is 0 Å². The van der Waals surface area contributed by atoms with E-state index in [2.05, 4.69) is 46.5 Å². The van der Waals surface area contributed by atoms with E-state index in [1.54, 1.807) is 0 Å². The van der Waals surface area contributed by atoms with Crippen molar-refractivity contribution in [3.63, 3.8) is 0 Å². The number of benzene rings is 1. The van der Waals surface area contributed by atoms with Crippen molar-refractivity contribution in [3.8, 4) is 11.3 Å². The summed E-state index contributed by atoms with van der Waals surface area (Å²) in [5.74, 6) is 0.836. The monoisotopic (exact) mass is 241 g/mol. The van der Waals surface area contributed by atoms with Gasteiger partial charge in [0.15, 0.2) is 5.82 Å². The van der Waals surface area contributed by atoms with Gasteiger partial charge in [-0.1, -0.05) is 31.2 Å². The molecule has 94 valence electrons. The molecule has 1 N–H and O–H groups in total. The third-order valence-electron chi connectivity index (χ3n) is 3.18. The van der Waals surface area contributed by atoms with Gasteiger partial charge in [-0.3, -0.25) is 0 Å². The first-order chi connectivity index (χ1) is 8.65. The van der Waals surface area contributed by atoms with Crippen molar-refractivity contribution in [2.45, 2.75) is 27.2 Å². The van der Waals surface area contributed by atoms with E-state index in [4.69, 9.17) is 0 Å². The minimum Gasteiger partial charge on any atom is -0.371 e. The standard InChI is InChI=1S/C15H19N3/c1-5-12-6-8-13(9-7-12)14-15(16-4)18-11(3)10(2)17-14/h6-9H,5H2,1-4H3,(H,16,18). The normalized spacial score (nSPS) is 10.4. The third kappa shape index (κ3) is 2.35. The topological polar surface area (TPSA) is 37.8 Å². The Labute approximate surface area is 108 Å². The highest BCUT2D eigenvalue weighted by Crippen LogP contribution is 2.25. The van der Waals surface area contributed by atoms with Crippen LogP contribution in [0.5, 0.6) is 0 Å². The van der Waals surface area contributed by atoms with Gasteiger partial charge in [0.25, 0.3) is 0 Å². The molecule has 0 bridgehead atoms. The number of aromatic nitrogens is 2. The summed E-state index contributed by atoms with van der Waals surface area (Å²) in [7, 11) is 1.88. The summed E-state index contributed by atoms with van der Waals surface area (Å²) in [5, 5.41) is 3.12. The van der Waals surface area contributed by atoms with E-state index in [0.29, 0.717) is 0 Å². The molecule has 0 aliphatic rings. The predicted molar refractivity (Wildman–Crippen MR) is 75.9 cm³/mol. The summed E-state index contributed by atoms with van der Waals surface area (Å²) in [6, 6.07) is 8.51. The van der Waals surface area contributed by atoms with Crippen LogP contribution in [0.3, 0.4) is 0 Å². The molecule has 1 aromatic carbocycles. The number of hydrogen-bond acceptors (Lipinski definition) is 3. The van der Waals surface area contributed by atoms with Gasteiger partial charge in [-0.25, -0.2) is 9.97 Å². The van der Waals surface area contributed by atoms with Gasteiger partial charge in [0.1, 0.15) is 5.69 Å². The number of nitrogens with zero attached hydrogens (tertiary/aromatic N) is 2. The zero-order valence-electron chi connectivity index (χ0n) is 11.4. The zero-order chi connectivity index (χ0) is 13.1. The van der Waals surface area contributed by atoms with E-state index in [9.17, 15) is 0 Å². The summed E-state index contributed by atoms with van der Waals surface area (Å²) in [4.78, 5) is 9.18. The molecule has 0 amide bonds. The molecule has 0 unspecified atom stereocenters. The van der Waals surface area contributed by atoms with Crippen LogP contribution in [0.4, 0.5) is 5.82 Å². The van der Waals surface area contributed by atoms with Crippen LogP contribution >= 0.6 is 0 Å². The maximum Gasteiger partial charge on any atom is 0.152 e. The Morgan fingerprint density at radius 1 is 1.00 bits per heavy atom. The Bertz CT molecular complexity index is 544. The van der Waals surface area contributed by atoms with E-state index >= 15 is 0 Å². The highest BCUT2D eigenvalue weighted by Gasteiger charge is 2.09. The van der Waals surface area contributed by atoms with Gasteiger partial charge in [0, 0.05) is 12.6 Å². The molecule has 0 aliphatic heterocycles. The van der Waals surface area contributed by atoms with Crippen molar-refractivity contribution in [3.05, 3.63) is 41.2 Å². The van der Waals surface area contributed by atoms with Gasteiger partial charge in [0.05, 0.1) is 11.4 Å². The van der Waals surface area contributed by atoms with Gasteiger partial charge in [-0.2, -0.15) is 0 Å². The molecule has 3 heteroatoms. The summed E-state index contributed by atoms with van der Waals surface area (Å²) in [5.41, 5.74) is 5.30. The second kappa shape index (κ2) is 5.17. The Morgan fingerprint density at radius 2 is 1.61 bits per heavy atom. The minimum atomic E-state index is 0.836. The van der Waals surface area contributed by atoms with Crippen LogP contribution in [-0.4, -0.2) is 17.0 Å². The van der Waals surface area contributed by atoms with Crippen LogP contribution < -0.4 is 5.32 Å². The summed E-state index contributed by atoms with van der Waals surface area (Å²) < 4.78 is 0. The fourth-order valence-electron chi connectivity index (χ4n) is 1.88. The SMILES string of the molecule is CCc1ccc(-c2nc(C)c(C)nc2NC)cc1. The number of aryl methyl sites for hydroxylation is 3. The third-order valence-corrected chi connectivity index (χ3v) is 3.18. The first-order valence-corrected chi connectivity index (χ1v) is 6.28. The highest BCUT2D eigenvalue weighted by atomic mass is 15.0. The van der Waals surface area contributed by atoms with E-state index in [1.165, 1.54) is 5.56 Å². The lowest BCUT2D eigenvalue weighted by Gasteiger charge is -2.10. The van der Waals surface area contributed by atoms with Crippen molar-refractivity contribution in [1.29, 1.82) is 0 Å². The van der Waals surface area contributed by atoms with E-state index in [1.807, 2.05) is 20.9 Å². The number of nitrogens with one attached hydrogen (secondary N) is 1. The quantitative estimate of drug-likeness (QED) is 0.895. The molecule has 0 saturated carbocycles. The van der Waals surface area contributed by atoms with Crippen molar-refractivity contribution in [1.82, 2.24) is 9.97 Å². The molecule has 0 aliphatic carbocycles. The first kappa shape index (κ1) is 12.6. The van der Waals surface area contributed by atoms with Gasteiger partial charge in [-0.15, -0.1) is 0 Å². The molecule has 1 aromatic heterocycles. The Morgan fingerprint density at radius 3 is 2.17 bits per heavy atom. The molecular formula is C15H19N3. The smallest absolute Gasteiger partial charge is 0.152 e. The summed E-state index contributed by atoms with van der Waals surface area (Å²) >= 11 is 0. The van der Waals surface area contributed by atoms with Crippen LogP contribution in [0.1, 0.15) is 23.9 Å². The molecule has 18 heavy (non-hydrogen) atoms. The lowest BCUT2D eigenvalue weighted by molar-refractivity contribution is 1.05. The van der Waals surface area contributed by atoms with Crippen LogP contribution in [0.2, 0.25) is 0 Å². The fourth-order valence-corrected chi connectivity index (χ4v) is 1.88. The van der Waals surface area contributed by atoms with Crippen LogP contribution in [0.15, 0.2) is 24.3 Å². The lowest BCUT2D eigenvalue weighted by Crippen LogP contribution is -2.02. The van der Waals surface area contributed by atoms with Crippen LogP contribution in [0.25, 0.3) is 11.3 Å². The Kier molecular flexibility index (Phi) is 3.60. The average molecular weight is 241 g/mol. The largest absolute Gasteiger partial charge is 0.371 e. The van der Waals surface area contributed by atoms with Gasteiger partial charge in [0.2, 0.25) is 0 Å². The molecule has 3 nitrogen and oxygen atoms in total. The lowest BCUT2D eigenvalue weighted by atomic mass is 10.1. The van der Waals surface area contributed by atoms with E-state index < -0.39 is 0 Å². The van der Waals surface area contributed by atoms with E-state index in [-0.39, 0.29) is 0 Å². The van der Waals surface area contributed by atoms with Crippen molar-refractivity contribution >= 4 is 5.82 Å². The Hall–Kier alpha value is -1.90. The second-order valence-electron chi connectivity index (χ2n) is 4.39. The number of hydrogen-bond donors (Lipinski definition) is 1. The van der Waals surface area contributed by atoms with Crippen LogP contribution in [0, 0.1) is 13.8 Å². The zero-order valence-corrected chi connectivity index (χ0v) is 11.4. The van der Waals surface area contributed by atoms with Gasteiger partial charge >= 0.3 is 0 Å². The van der Waals surface area contributed by atoms with Gasteiger partial charge in [-0.05, 0) is 25.8 Å². The fraction of sp³-hybridized carbons (Fsp3) is 0.333. The maximum absolute atomic E-state index is 4.64. The summed E-state index contributed by atoms with van der Waals surface area (Å²) in [6.45, 7) is 6.13. The maximum atomic E-state index is 4.64. The second-order valence-corrected chi connectivity index (χ2v) is 4.39. The molecule has 2 rings (SSSR count). The summed E-state index contributed by atoms with van der Waals surface area (Å²) in [6.07, 6.45) is 1.05. The van der Waals surface area contributed by atoms with Crippen molar-refractivity contribution in [2.75, 3.05) is 12.4 Å². The van der Waals surface area contributed by atoms with Crippen molar-refractivity contribution < 1.29 is 0 Å². The first-order valence-electron chi connectivity index (χ1n) is 6.28. The van der Waals surface area contributed by atoms with Crippen LogP contribution in [-0.2, 0) is 6.42 Å². The molecule has 1 heterocycles. The molecule has 0 spiro atoms.